The fourth-order valence-corrected chi connectivity index (χ4v) is 2.13. The van der Waals surface area contributed by atoms with Crippen LogP contribution in [-0.4, -0.2) is 28.8 Å². The molecule has 1 atom stereocenters. The van der Waals surface area contributed by atoms with Crippen LogP contribution in [0, 0.1) is 10.1 Å². The normalized spacial score (nSPS) is 11.5. The second kappa shape index (κ2) is 7.73. The van der Waals surface area contributed by atoms with E-state index in [1.807, 2.05) is 0 Å². The first kappa shape index (κ1) is 18.4. The Labute approximate surface area is 147 Å². The highest BCUT2D eigenvalue weighted by Gasteiger charge is 2.26. The number of hydrogen-bond donors (Lipinski definition) is 2. The summed E-state index contributed by atoms with van der Waals surface area (Å²) in [5.74, 6) is -1.75. The number of carbonyl (C=O) groups excluding carboxylic acids is 2. The van der Waals surface area contributed by atoms with Crippen molar-refractivity contribution in [1.29, 1.82) is 0 Å². The SMILES string of the molecule is COc1ccc(C(O)C(=O)C(=O)Nc2cc([N+](=O)[O-])ccc2Cl)cc1. The Kier molecular flexibility index (Phi) is 5.68. The van der Waals surface area contributed by atoms with Gasteiger partial charge in [0.15, 0.2) is 0 Å². The quantitative estimate of drug-likeness (QED) is 0.461. The minimum Gasteiger partial charge on any atom is -0.497 e. The van der Waals surface area contributed by atoms with Gasteiger partial charge in [0.25, 0.3) is 17.4 Å². The molecule has 0 heterocycles. The van der Waals surface area contributed by atoms with Gasteiger partial charge in [0.1, 0.15) is 11.9 Å². The number of hydrogen-bond acceptors (Lipinski definition) is 6. The molecule has 130 valence electrons. The summed E-state index contributed by atoms with van der Waals surface area (Å²) in [6, 6.07) is 9.34. The van der Waals surface area contributed by atoms with Gasteiger partial charge in [0.05, 0.1) is 22.7 Å². The summed E-state index contributed by atoms with van der Waals surface area (Å²) < 4.78 is 4.96. The van der Waals surface area contributed by atoms with Crippen molar-refractivity contribution in [3.05, 3.63) is 63.2 Å². The zero-order valence-corrected chi connectivity index (χ0v) is 13.7. The first-order valence-corrected chi connectivity index (χ1v) is 7.32. The number of nitrogens with zero attached hydrogens (tertiary/aromatic N) is 1. The van der Waals surface area contributed by atoms with Crippen molar-refractivity contribution in [2.24, 2.45) is 0 Å². The average molecular weight is 365 g/mol. The van der Waals surface area contributed by atoms with Crippen LogP contribution in [0.25, 0.3) is 0 Å². The zero-order valence-electron chi connectivity index (χ0n) is 12.9. The molecule has 0 saturated heterocycles. The van der Waals surface area contributed by atoms with Crippen LogP contribution < -0.4 is 10.1 Å². The largest absolute Gasteiger partial charge is 0.497 e. The Balaban J connectivity index is 2.15. The van der Waals surface area contributed by atoms with Gasteiger partial charge in [-0.3, -0.25) is 19.7 Å². The number of ether oxygens (including phenoxy) is 1. The number of aliphatic hydroxyl groups excluding tert-OH is 1. The second-order valence-electron chi connectivity index (χ2n) is 4.92. The second-order valence-corrected chi connectivity index (χ2v) is 5.32. The van der Waals surface area contributed by atoms with Crippen molar-refractivity contribution in [2.45, 2.75) is 6.10 Å². The van der Waals surface area contributed by atoms with E-state index in [4.69, 9.17) is 16.3 Å². The van der Waals surface area contributed by atoms with Crippen LogP contribution in [0.15, 0.2) is 42.5 Å². The number of aliphatic hydroxyl groups is 1. The molecular weight excluding hydrogens is 352 g/mol. The number of nitro groups is 1. The minimum absolute atomic E-state index is 0.0192. The third kappa shape index (κ3) is 4.31. The van der Waals surface area contributed by atoms with Crippen molar-refractivity contribution < 1.29 is 24.4 Å². The third-order valence-corrected chi connectivity index (χ3v) is 3.64. The van der Waals surface area contributed by atoms with E-state index >= 15 is 0 Å². The minimum atomic E-state index is -1.69. The topological polar surface area (TPSA) is 119 Å². The van der Waals surface area contributed by atoms with Crippen molar-refractivity contribution >= 4 is 34.7 Å². The molecule has 1 unspecified atom stereocenters. The molecule has 0 radical (unpaired) electrons. The fraction of sp³-hybridized carbons (Fsp3) is 0.125. The number of benzene rings is 2. The van der Waals surface area contributed by atoms with Gasteiger partial charge < -0.3 is 15.2 Å². The first-order chi connectivity index (χ1) is 11.8. The number of nitrogens with one attached hydrogen (secondary N) is 1. The Morgan fingerprint density at radius 2 is 1.88 bits per heavy atom. The molecule has 0 bridgehead atoms. The highest BCUT2D eigenvalue weighted by molar-refractivity contribution is 6.43. The van der Waals surface area contributed by atoms with Gasteiger partial charge in [-0.2, -0.15) is 0 Å². The summed E-state index contributed by atoms with van der Waals surface area (Å²) in [5, 5.41) is 23.0. The Morgan fingerprint density at radius 1 is 1.24 bits per heavy atom. The lowest BCUT2D eigenvalue weighted by molar-refractivity contribution is -0.384. The van der Waals surface area contributed by atoms with Crippen molar-refractivity contribution in [3.8, 4) is 5.75 Å². The lowest BCUT2D eigenvalue weighted by atomic mass is 10.0. The van der Waals surface area contributed by atoms with E-state index in [0.29, 0.717) is 5.75 Å². The molecule has 0 spiro atoms. The van der Waals surface area contributed by atoms with Gasteiger partial charge in [-0.05, 0) is 23.8 Å². The van der Waals surface area contributed by atoms with Gasteiger partial charge in [-0.1, -0.05) is 23.7 Å². The third-order valence-electron chi connectivity index (χ3n) is 3.31. The van der Waals surface area contributed by atoms with Crippen molar-refractivity contribution in [3.63, 3.8) is 0 Å². The smallest absolute Gasteiger partial charge is 0.294 e. The van der Waals surface area contributed by atoms with Crippen LogP contribution in [0.1, 0.15) is 11.7 Å². The highest BCUT2D eigenvalue weighted by atomic mass is 35.5. The summed E-state index contributed by atoms with van der Waals surface area (Å²) in [4.78, 5) is 34.2. The van der Waals surface area contributed by atoms with E-state index in [2.05, 4.69) is 5.32 Å². The lowest BCUT2D eigenvalue weighted by Gasteiger charge is -2.11. The van der Waals surface area contributed by atoms with Crippen molar-refractivity contribution in [1.82, 2.24) is 0 Å². The van der Waals surface area contributed by atoms with Crippen LogP contribution in [0.2, 0.25) is 5.02 Å². The van der Waals surface area contributed by atoms with Crippen LogP contribution in [0.5, 0.6) is 5.75 Å². The van der Waals surface area contributed by atoms with Crippen LogP contribution in [0.3, 0.4) is 0 Å². The molecule has 2 aromatic carbocycles. The van der Waals surface area contributed by atoms with E-state index in [0.717, 1.165) is 12.1 Å². The number of carbonyl (C=O) groups is 2. The lowest BCUT2D eigenvalue weighted by Crippen LogP contribution is -2.28. The predicted octanol–water partition coefficient (Wildman–Crippen LogP) is 2.50. The Hall–Kier alpha value is -2.97. The Morgan fingerprint density at radius 3 is 2.44 bits per heavy atom. The molecule has 2 rings (SSSR count). The number of nitro benzene ring substituents is 1. The maximum absolute atomic E-state index is 12.1. The summed E-state index contributed by atoms with van der Waals surface area (Å²) in [6.45, 7) is 0. The summed E-state index contributed by atoms with van der Waals surface area (Å²) in [6.07, 6.45) is -1.69. The van der Waals surface area contributed by atoms with E-state index in [1.54, 1.807) is 0 Å². The summed E-state index contributed by atoms with van der Waals surface area (Å²) in [7, 11) is 1.47. The number of Topliss-reactive ketones (excluding diaryl/α,β-unsaturated/α-hetero) is 1. The summed E-state index contributed by atoms with van der Waals surface area (Å²) in [5.41, 5.74) is -0.204. The van der Waals surface area contributed by atoms with Gasteiger partial charge in [-0.15, -0.1) is 0 Å². The molecule has 8 nitrogen and oxygen atoms in total. The number of rotatable bonds is 6. The molecule has 2 aromatic rings. The molecule has 0 saturated carbocycles. The molecule has 1 amide bonds. The number of anilines is 1. The predicted molar refractivity (Wildman–Crippen MR) is 89.7 cm³/mol. The molecule has 0 aliphatic heterocycles. The van der Waals surface area contributed by atoms with E-state index in [9.17, 15) is 24.8 Å². The van der Waals surface area contributed by atoms with E-state index in [-0.39, 0.29) is 22.0 Å². The average Bonchev–Trinajstić information content (AvgIpc) is 2.62. The van der Waals surface area contributed by atoms with Crippen molar-refractivity contribution in [2.75, 3.05) is 12.4 Å². The van der Waals surface area contributed by atoms with Gasteiger partial charge >= 0.3 is 0 Å². The number of ketones is 1. The maximum Gasteiger partial charge on any atom is 0.294 e. The van der Waals surface area contributed by atoms with Crippen LogP contribution in [0.4, 0.5) is 11.4 Å². The fourth-order valence-electron chi connectivity index (χ4n) is 1.97. The van der Waals surface area contributed by atoms with Crippen LogP contribution in [-0.2, 0) is 9.59 Å². The Bertz CT molecular complexity index is 822. The number of methoxy groups -OCH3 is 1. The molecule has 2 N–H and O–H groups in total. The van der Waals surface area contributed by atoms with Gasteiger partial charge in [0, 0.05) is 12.1 Å². The molecule has 9 heteroatoms. The van der Waals surface area contributed by atoms with Gasteiger partial charge in [0.2, 0.25) is 0 Å². The molecule has 0 fully saturated rings. The zero-order chi connectivity index (χ0) is 18.6. The molecule has 0 aliphatic rings. The standard InChI is InChI=1S/C16H13ClN2O6/c1-25-11-5-2-9(3-6-11)14(20)15(21)16(22)18-13-8-10(19(23)24)4-7-12(13)17/h2-8,14,20H,1H3,(H,18,22). The number of halogens is 1. The first-order valence-electron chi connectivity index (χ1n) is 6.94. The molecular formula is C16H13ClN2O6. The van der Waals surface area contributed by atoms with Gasteiger partial charge in [-0.25, -0.2) is 0 Å². The molecule has 25 heavy (non-hydrogen) atoms. The van der Waals surface area contributed by atoms with E-state index in [1.165, 1.54) is 37.4 Å². The maximum atomic E-state index is 12.1. The number of non-ortho nitro benzene ring substituents is 1. The van der Waals surface area contributed by atoms with E-state index < -0.39 is 22.7 Å². The highest BCUT2D eigenvalue weighted by Crippen LogP contribution is 2.27. The monoisotopic (exact) mass is 364 g/mol. The molecule has 0 aromatic heterocycles. The molecule has 0 aliphatic carbocycles. The number of amides is 1. The summed E-state index contributed by atoms with van der Waals surface area (Å²) >= 11 is 5.85. The van der Waals surface area contributed by atoms with Crippen LogP contribution >= 0.6 is 11.6 Å².